The standard InChI is InChI=1S/C10H11F3S/c1-9(2,14)7-3-5-8(6-4-7)10(11,12)13/h3-6,14H,1-2H3. The van der Waals surface area contributed by atoms with Crippen LogP contribution in [-0.2, 0) is 10.9 Å². The van der Waals surface area contributed by atoms with Crippen LogP contribution in [-0.4, -0.2) is 0 Å². The lowest BCUT2D eigenvalue weighted by molar-refractivity contribution is -0.137. The van der Waals surface area contributed by atoms with Crippen LogP contribution in [0.1, 0.15) is 25.0 Å². The molecule has 1 aromatic carbocycles. The van der Waals surface area contributed by atoms with E-state index in [2.05, 4.69) is 12.6 Å². The van der Waals surface area contributed by atoms with Gasteiger partial charge in [-0.15, -0.1) is 0 Å². The van der Waals surface area contributed by atoms with Gasteiger partial charge in [0, 0.05) is 4.75 Å². The van der Waals surface area contributed by atoms with Crippen molar-refractivity contribution in [2.75, 3.05) is 0 Å². The highest BCUT2D eigenvalue weighted by Crippen LogP contribution is 2.32. The summed E-state index contributed by atoms with van der Waals surface area (Å²) in [5, 5.41) is 0. The minimum Gasteiger partial charge on any atom is -0.168 e. The maximum atomic E-state index is 12.2. The first-order valence-electron chi connectivity index (χ1n) is 4.11. The maximum Gasteiger partial charge on any atom is 0.416 e. The number of hydrogen-bond acceptors (Lipinski definition) is 1. The molecule has 0 bridgehead atoms. The lowest BCUT2D eigenvalue weighted by Gasteiger charge is -2.18. The molecule has 78 valence electrons. The Bertz CT molecular complexity index is 273. The van der Waals surface area contributed by atoms with Crippen molar-refractivity contribution < 1.29 is 13.2 Å². The molecule has 0 heterocycles. The molecule has 0 radical (unpaired) electrons. The van der Waals surface area contributed by atoms with Gasteiger partial charge in [-0.25, -0.2) is 0 Å². The van der Waals surface area contributed by atoms with Crippen molar-refractivity contribution in [3.63, 3.8) is 0 Å². The SMILES string of the molecule is CC(C)(S)c1ccc(C(F)(F)F)cc1. The zero-order chi connectivity index (χ0) is 11.0. The molecule has 0 atom stereocenters. The van der Waals surface area contributed by atoms with Crippen molar-refractivity contribution in [1.82, 2.24) is 0 Å². The third-order valence-corrected chi connectivity index (χ3v) is 2.18. The smallest absolute Gasteiger partial charge is 0.168 e. The highest BCUT2D eigenvalue weighted by Gasteiger charge is 2.30. The Hall–Kier alpha value is -0.640. The minimum absolute atomic E-state index is 0.413. The molecule has 14 heavy (non-hydrogen) atoms. The second-order valence-electron chi connectivity index (χ2n) is 3.63. The summed E-state index contributed by atoms with van der Waals surface area (Å²) in [6.07, 6.45) is -4.26. The van der Waals surface area contributed by atoms with Gasteiger partial charge < -0.3 is 0 Å². The van der Waals surface area contributed by atoms with Crippen molar-refractivity contribution >= 4 is 12.6 Å². The van der Waals surface area contributed by atoms with Gasteiger partial charge in [-0.3, -0.25) is 0 Å². The van der Waals surface area contributed by atoms with E-state index in [1.807, 2.05) is 13.8 Å². The Morgan fingerprint density at radius 2 is 1.29 bits per heavy atom. The van der Waals surface area contributed by atoms with Crippen LogP contribution in [0.3, 0.4) is 0 Å². The Morgan fingerprint density at radius 1 is 0.929 bits per heavy atom. The van der Waals surface area contributed by atoms with E-state index in [0.29, 0.717) is 0 Å². The van der Waals surface area contributed by atoms with E-state index < -0.39 is 16.5 Å². The van der Waals surface area contributed by atoms with Crippen LogP contribution in [0.2, 0.25) is 0 Å². The molecular weight excluding hydrogens is 209 g/mol. The summed E-state index contributed by atoms with van der Waals surface area (Å²) in [6.45, 7) is 3.66. The summed E-state index contributed by atoms with van der Waals surface area (Å²) in [4.78, 5) is 0. The first kappa shape index (κ1) is 11.4. The van der Waals surface area contributed by atoms with E-state index in [0.717, 1.165) is 17.7 Å². The molecule has 4 heteroatoms. The molecule has 0 aliphatic heterocycles. The van der Waals surface area contributed by atoms with E-state index in [-0.39, 0.29) is 0 Å². The van der Waals surface area contributed by atoms with Gasteiger partial charge in [0.2, 0.25) is 0 Å². The monoisotopic (exact) mass is 220 g/mol. The zero-order valence-corrected chi connectivity index (χ0v) is 8.78. The van der Waals surface area contributed by atoms with Crippen LogP contribution in [0.5, 0.6) is 0 Å². The van der Waals surface area contributed by atoms with Crippen molar-refractivity contribution in [3.05, 3.63) is 35.4 Å². The highest BCUT2D eigenvalue weighted by molar-refractivity contribution is 7.81. The molecule has 0 saturated heterocycles. The molecular formula is C10H11F3S. The quantitative estimate of drug-likeness (QED) is 0.682. The van der Waals surface area contributed by atoms with Crippen LogP contribution in [0.15, 0.2) is 24.3 Å². The lowest BCUT2D eigenvalue weighted by atomic mass is 10.0. The molecule has 0 N–H and O–H groups in total. The summed E-state index contributed by atoms with van der Waals surface area (Å²) in [5.74, 6) is 0. The first-order valence-corrected chi connectivity index (χ1v) is 4.56. The Morgan fingerprint density at radius 3 is 1.57 bits per heavy atom. The Labute approximate surface area is 86.5 Å². The predicted molar refractivity (Wildman–Crippen MR) is 53.5 cm³/mol. The molecule has 0 aliphatic carbocycles. The maximum absolute atomic E-state index is 12.2. The summed E-state index contributed by atoms with van der Waals surface area (Å²) >= 11 is 4.27. The number of benzene rings is 1. The van der Waals surface area contributed by atoms with E-state index in [9.17, 15) is 13.2 Å². The minimum atomic E-state index is -4.26. The first-order chi connectivity index (χ1) is 6.21. The Kier molecular flexibility index (Phi) is 2.86. The molecule has 0 amide bonds. The second kappa shape index (κ2) is 3.50. The average Bonchev–Trinajstić information content (AvgIpc) is 2.01. The average molecular weight is 220 g/mol. The fourth-order valence-electron chi connectivity index (χ4n) is 1.07. The van der Waals surface area contributed by atoms with E-state index in [4.69, 9.17) is 0 Å². The molecule has 1 aromatic rings. The van der Waals surface area contributed by atoms with Crippen molar-refractivity contribution in [2.24, 2.45) is 0 Å². The van der Waals surface area contributed by atoms with Crippen molar-refractivity contribution in [2.45, 2.75) is 24.8 Å². The predicted octanol–water partition coefficient (Wildman–Crippen LogP) is 3.87. The summed E-state index contributed by atoms with van der Waals surface area (Å²) < 4.78 is 36.2. The fraction of sp³-hybridized carbons (Fsp3) is 0.400. The molecule has 0 unspecified atom stereocenters. The lowest BCUT2D eigenvalue weighted by Crippen LogP contribution is -2.09. The molecule has 0 saturated carbocycles. The van der Waals surface area contributed by atoms with E-state index in [1.165, 1.54) is 12.1 Å². The summed E-state index contributed by atoms with van der Waals surface area (Å²) in [6, 6.07) is 5.06. The van der Waals surface area contributed by atoms with E-state index >= 15 is 0 Å². The second-order valence-corrected chi connectivity index (χ2v) is 4.75. The van der Waals surface area contributed by atoms with Crippen LogP contribution >= 0.6 is 12.6 Å². The zero-order valence-electron chi connectivity index (χ0n) is 7.89. The summed E-state index contributed by atoms with van der Waals surface area (Å²) in [7, 11) is 0. The largest absolute Gasteiger partial charge is 0.416 e. The molecule has 0 fully saturated rings. The third-order valence-electron chi connectivity index (χ3n) is 1.92. The van der Waals surface area contributed by atoms with Gasteiger partial charge in [-0.05, 0) is 31.5 Å². The third kappa shape index (κ3) is 2.67. The van der Waals surface area contributed by atoms with Crippen LogP contribution < -0.4 is 0 Å². The molecule has 0 aliphatic rings. The van der Waals surface area contributed by atoms with Gasteiger partial charge in [0.15, 0.2) is 0 Å². The van der Waals surface area contributed by atoms with Gasteiger partial charge >= 0.3 is 6.18 Å². The van der Waals surface area contributed by atoms with E-state index in [1.54, 1.807) is 0 Å². The normalized spacial score (nSPS) is 13.0. The van der Waals surface area contributed by atoms with Crippen molar-refractivity contribution in [1.29, 1.82) is 0 Å². The molecule has 0 nitrogen and oxygen atoms in total. The fourth-order valence-corrected chi connectivity index (χ4v) is 1.22. The van der Waals surface area contributed by atoms with Crippen LogP contribution in [0, 0.1) is 0 Å². The van der Waals surface area contributed by atoms with Gasteiger partial charge in [-0.1, -0.05) is 12.1 Å². The van der Waals surface area contributed by atoms with Crippen LogP contribution in [0.25, 0.3) is 0 Å². The van der Waals surface area contributed by atoms with Crippen molar-refractivity contribution in [3.8, 4) is 0 Å². The molecule has 0 aromatic heterocycles. The van der Waals surface area contributed by atoms with Gasteiger partial charge in [0.1, 0.15) is 0 Å². The number of rotatable bonds is 1. The molecule has 1 rings (SSSR count). The Balaban J connectivity index is 3.02. The number of halogens is 3. The van der Waals surface area contributed by atoms with Gasteiger partial charge in [0.05, 0.1) is 5.56 Å². The van der Waals surface area contributed by atoms with Gasteiger partial charge in [-0.2, -0.15) is 25.8 Å². The van der Waals surface area contributed by atoms with Gasteiger partial charge in [0.25, 0.3) is 0 Å². The highest BCUT2D eigenvalue weighted by atomic mass is 32.1. The van der Waals surface area contributed by atoms with Crippen LogP contribution in [0.4, 0.5) is 13.2 Å². The number of alkyl halides is 3. The number of hydrogen-bond donors (Lipinski definition) is 1. The number of thiol groups is 1. The molecule has 0 spiro atoms. The summed E-state index contributed by atoms with van der Waals surface area (Å²) in [5.41, 5.74) is 0.146. The topological polar surface area (TPSA) is 0 Å².